The molecule has 1 aliphatic carbocycles. The van der Waals surface area contributed by atoms with Crippen molar-refractivity contribution >= 4 is 0 Å². The summed E-state index contributed by atoms with van der Waals surface area (Å²) >= 11 is 0. The summed E-state index contributed by atoms with van der Waals surface area (Å²) in [6.07, 6.45) is 7.04. The Morgan fingerprint density at radius 3 is 3.20 bits per heavy atom. The maximum atomic E-state index is 5.83. The first-order chi connectivity index (χ1) is 4.88. The smallest absolute Gasteiger partial charge is 0.0953 e. The minimum absolute atomic E-state index is 0.225. The lowest BCUT2D eigenvalue weighted by Crippen LogP contribution is -2.15. The summed E-state index contributed by atoms with van der Waals surface area (Å²) in [6, 6.07) is 0.225. The molecule has 2 N–H and O–H groups in total. The van der Waals surface area contributed by atoms with Crippen molar-refractivity contribution in [1.29, 1.82) is 0 Å². The second-order valence-electron chi connectivity index (χ2n) is 2.85. The van der Waals surface area contributed by atoms with Gasteiger partial charge in [-0.05, 0) is 24.8 Å². The molecule has 0 amide bonds. The van der Waals surface area contributed by atoms with Gasteiger partial charge in [0, 0.05) is 11.6 Å². The van der Waals surface area contributed by atoms with Gasteiger partial charge < -0.3 is 10.2 Å². The molecule has 1 aromatic heterocycles. The van der Waals surface area contributed by atoms with E-state index < -0.39 is 0 Å². The molecule has 0 bridgehead atoms. The van der Waals surface area contributed by atoms with E-state index in [1.54, 1.807) is 6.26 Å². The molecule has 0 spiro atoms. The van der Waals surface area contributed by atoms with Gasteiger partial charge in [-0.25, -0.2) is 0 Å². The van der Waals surface area contributed by atoms with Crippen molar-refractivity contribution in [3.8, 4) is 0 Å². The van der Waals surface area contributed by atoms with Crippen LogP contribution in [0.5, 0.6) is 0 Å². The van der Waals surface area contributed by atoms with Crippen LogP contribution in [0, 0.1) is 0 Å². The average molecular weight is 137 g/mol. The van der Waals surface area contributed by atoms with Gasteiger partial charge in [0.2, 0.25) is 0 Å². The third kappa shape index (κ3) is 0.762. The number of nitrogens with two attached hydrogens (primary N) is 1. The van der Waals surface area contributed by atoms with Crippen LogP contribution >= 0.6 is 0 Å². The first-order valence-electron chi connectivity index (χ1n) is 3.68. The fourth-order valence-electron chi connectivity index (χ4n) is 1.53. The minimum Gasteiger partial charge on any atom is -0.472 e. The summed E-state index contributed by atoms with van der Waals surface area (Å²) < 4.78 is 5.06. The average Bonchev–Trinajstić information content (AvgIpc) is 2.36. The molecule has 1 unspecified atom stereocenters. The molecule has 10 heavy (non-hydrogen) atoms. The van der Waals surface area contributed by atoms with E-state index in [0.29, 0.717) is 0 Å². The van der Waals surface area contributed by atoms with Crippen molar-refractivity contribution in [2.24, 2.45) is 5.73 Å². The lowest BCUT2D eigenvalue weighted by atomic mass is 9.92. The normalized spacial score (nSPS) is 24.3. The molecular weight excluding hydrogens is 126 g/mol. The van der Waals surface area contributed by atoms with Gasteiger partial charge in [-0.2, -0.15) is 0 Å². The maximum absolute atomic E-state index is 5.83. The van der Waals surface area contributed by atoms with Crippen molar-refractivity contribution < 1.29 is 4.42 Å². The van der Waals surface area contributed by atoms with Gasteiger partial charge >= 0.3 is 0 Å². The summed E-state index contributed by atoms with van der Waals surface area (Å²) in [5.74, 6) is 0. The van der Waals surface area contributed by atoms with Gasteiger partial charge in [0.15, 0.2) is 0 Å². The Kier molecular flexibility index (Phi) is 1.27. The van der Waals surface area contributed by atoms with Crippen LogP contribution in [-0.4, -0.2) is 0 Å². The van der Waals surface area contributed by atoms with Crippen molar-refractivity contribution in [3.05, 3.63) is 23.7 Å². The molecule has 1 heterocycles. The number of furan rings is 1. The van der Waals surface area contributed by atoms with Crippen LogP contribution in [0.3, 0.4) is 0 Å². The molecular formula is C8H11NO. The molecule has 2 rings (SSSR count). The van der Waals surface area contributed by atoms with E-state index in [-0.39, 0.29) is 6.04 Å². The van der Waals surface area contributed by atoms with Crippen molar-refractivity contribution in [3.63, 3.8) is 0 Å². The van der Waals surface area contributed by atoms with E-state index in [4.69, 9.17) is 10.2 Å². The number of rotatable bonds is 0. The topological polar surface area (TPSA) is 39.2 Å². The molecule has 0 radical (unpaired) electrons. The van der Waals surface area contributed by atoms with Crippen LogP contribution in [0.1, 0.15) is 30.0 Å². The van der Waals surface area contributed by atoms with Crippen molar-refractivity contribution in [1.82, 2.24) is 0 Å². The summed E-state index contributed by atoms with van der Waals surface area (Å²) in [4.78, 5) is 0. The first kappa shape index (κ1) is 5.98. The molecule has 0 saturated carbocycles. The standard InChI is InChI=1S/C8H11NO/c9-8-3-1-2-6-4-10-5-7(6)8/h4-5,8H,1-3,9H2. The number of hydrogen-bond acceptors (Lipinski definition) is 2. The highest BCUT2D eigenvalue weighted by Crippen LogP contribution is 2.27. The van der Waals surface area contributed by atoms with Gasteiger partial charge in [-0.3, -0.25) is 0 Å². The van der Waals surface area contributed by atoms with Gasteiger partial charge in [0.05, 0.1) is 12.5 Å². The lowest BCUT2D eigenvalue weighted by Gasteiger charge is -2.16. The van der Waals surface area contributed by atoms with E-state index in [0.717, 1.165) is 12.8 Å². The van der Waals surface area contributed by atoms with E-state index >= 15 is 0 Å². The molecule has 54 valence electrons. The maximum Gasteiger partial charge on any atom is 0.0953 e. The highest BCUT2D eigenvalue weighted by Gasteiger charge is 2.17. The molecule has 0 fully saturated rings. The van der Waals surface area contributed by atoms with Gasteiger partial charge in [0.25, 0.3) is 0 Å². The van der Waals surface area contributed by atoms with Gasteiger partial charge in [-0.1, -0.05) is 0 Å². The van der Waals surface area contributed by atoms with Crippen LogP contribution < -0.4 is 5.73 Å². The van der Waals surface area contributed by atoms with Crippen LogP contribution in [-0.2, 0) is 6.42 Å². The molecule has 1 atom stereocenters. The third-order valence-electron chi connectivity index (χ3n) is 2.14. The van der Waals surface area contributed by atoms with Gasteiger partial charge in [-0.15, -0.1) is 0 Å². The largest absolute Gasteiger partial charge is 0.472 e. The summed E-state index contributed by atoms with van der Waals surface area (Å²) in [5.41, 5.74) is 8.35. The zero-order chi connectivity index (χ0) is 6.97. The lowest BCUT2D eigenvalue weighted by molar-refractivity contribution is 0.554. The SMILES string of the molecule is NC1CCCc2cocc21. The fraction of sp³-hybridized carbons (Fsp3) is 0.500. The molecule has 0 aromatic carbocycles. The van der Waals surface area contributed by atoms with Crippen LogP contribution in [0.2, 0.25) is 0 Å². The zero-order valence-corrected chi connectivity index (χ0v) is 5.84. The predicted octanol–water partition coefficient (Wildman–Crippen LogP) is 1.62. The number of aryl methyl sites for hydroxylation is 1. The second-order valence-corrected chi connectivity index (χ2v) is 2.85. The molecule has 0 saturated heterocycles. The van der Waals surface area contributed by atoms with Gasteiger partial charge in [0.1, 0.15) is 0 Å². The van der Waals surface area contributed by atoms with Crippen LogP contribution in [0.25, 0.3) is 0 Å². The van der Waals surface area contributed by atoms with Crippen LogP contribution in [0.15, 0.2) is 16.9 Å². The summed E-state index contributed by atoms with van der Waals surface area (Å²) in [5, 5.41) is 0. The fourth-order valence-corrected chi connectivity index (χ4v) is 1.53. The monoisotopic (exact) mass is 137 g/mol. The molecule has 1 aromatic rings. The Balaban J connectivity index is 2.41. The number of fused-ring (bicyclic) bond motifs is 1. The summed E-state index contributed by atoms with van der Waals surface area (Å²) in [7, 11) is 0. The third-order valence-corrected chi connectivity index (χ3v) is 2.14. The highest BCUT2D eigenvalue weighted by molar-refractivity contribution is 5.26. The Morgan fingerprint density at radius 2 is 2.40 bits per heavy atom. The molecule has 2 heteroatoms. The Hall–Kier alpha value is -0.760. The van der Waals surface area contributed by atoms with E-state index in [2.05, 4.69) is 0 Å². The number of hydrogen-bond donors (Lipinski definition) is 1. The predicted molar refractivity (Wildman–Crippen MR) is 38.6 cm³/mol. The Labute approximate surface area is 60.0 Å². The minimum atomic E-state index is 0.225. The Morgan fingerprint density at radius 1 is 1.50 bits per heavy atom. The Bertz CT molecular complexity index is 229. The second kappa shape index (κ2) is 2.13. The van der Waals surface area contributed by atoms with Crippen molar-refractivity contribution in [2.45, 2.75) is 25.3 Å². The summed E-state index contributed by atoms with van der Waals surface area (Å²) in [6.45, 7) is 0. The quantitative estimate of drug-likeness (QED) is 0.590. The van der Waals surface area contributed by atoms with Crippen LogP contribution in [0.4, 0.5) is 0 Å². The van der Waals surface area contributed by atoms with E-state index in [9.17, 15) is 0 Å². The molecule has 1 aliphatic rings. The first-order valence-corrected chi connectivity index (χ1v) is 3.68. The molecule has 0 aliphatic heterocycles. The molecule has 2 nitrogen and oxygen atoms in total. The van der Waals surface area contributed by atoms with E-state index in [1.165, 1.54) is 17.5 Å². The zero-order valence-electron chi connectivity index (χ0n) is 5.84. The van der Waals surface area contributed by atoms with E-state index in [1.807, 2.05) is 6.26 Å². The van der Waals surface area contributed by atoms with Crippen molar-refractivity contribution in [2.75, 3.05) is 0 Å². The highest BCUT2D eigenvalue weighted by atomic mass is 16.3.